The summed E-state index contributed by atoms with van der Waals surface area (Å²) >= 11 is 0. The highest BCUT2D eigenvalue weighted by Crippen LogP contribution is 2.37. The Labute approximate surface area is 193 Å². The van der Waals surface area contributed by atoms with Gasteiger partial charge in [-0.3, -0.25) is 0 Å². The van der Waals surface area contributed by atoms with Gasteiger partial charge in [0.05, 0.1) is 17.7 Å². The van der Waals surface area contributed by atoms with Gasteiger partial charge in [-0.1, -0.05) is 26.8 Å². The fourth-order valence-electron chi connectivity index (χ4n) is 3.14. The molecule has 6 heteroatoms. The van der Waals surface area contributed by atoms with Crippen LogP contribution in [0.4, 0.5) is 0 Å². The van der Waals surface area contributed by atoms with E-state index in [-0.39, 0.29) is 28.2 Å². The summed E-state index contributed by atoms with van der Waals surface area (Å²) in [6, 6.07) is 16.0. The molecule has 0 radical (unpaired) electrons. The van der Waals surface area contributed by atoms with E-state index in [0.717, 1.165) is 5.56 Å². The number of carbonyl (C=O) groups is 2. The number of phenolic OH excluding ortho intramolecular Hbond substituents is 1. The smallest absolute Gasteiger partial charge is 0.343 e. The minimum atomic E-state index is -0.625. The molecule has 0 saturated heterocycles. The number of phenols is 1. The molecule has 172 valence electrons. The number of aryl methyl sites for hydroxylation is 1. The standard InChI is InChI=1S/C27H28O6/c1-6-31-22-13-9-19(10-14-22)25(29)32-23-16-20(27(3,4)5)15-17(2)24(23)33-26(30)18-7-11-21(28)12-8-18/h7-16,28H,6H2,1-5H3. The van der Waals surface area contributed by atoms with Crippen molar-refractivity contribution in [1.82, 2.24) is 0 Å². The number of benzene rings is 3. The number of rotatable bonds is 6. The summed E-state index contributed by atoms with van der Waals surface area (Å²) < 4.78 is 16.8. The Hall–Kier alpha value is -3.80. The summed E-state index contributed by atoms with van der Waals surface area (Å²) in [6.07, 6.45) is 0. The quantitative estimate of drug-likeness (QED) is 0.377. The molecular weight excluding hydrogens is 420 g/mol. The third-order valence-corrected chi connectivity index (χ3v) is 5.01. The summed E-state index contributed by atoms with van der Waals surface area (Å²) in [5.74, 6) is -0.179. The summed E-state index contributed by atoms with van der Waals surface area (Å²) in [7, 11) is 0. The molecule has 0 aliphatic rings. The van der Waals surface area contributed by atoms with E-state index in [1.165, 1.54) is 24.3 Å². The largest absolute Gasteiger partial charge is 0.508 e. The SMILES string of the molecule is CCOc1ccc(C(=O)Oc2cc(C(C)(C)C)cc(C)c2OC(=O)c2ccc(O)cc2)cc1. The Morgan fingerprint density at radius 3 is 1.94 bits per heavy atom. The van der Waals surface area contributed by atoms with Crippen molar-refractivity contribution in [2.24, 2.45) is 0 Å². The van der Waals surface area contributed by atoms with Crippen molar-refractivity contribution in [2.45, 2.75) is 40.0 Å². The molecule has 33 heavy (non-hydrogen) atoms. The normalized spacial score (nSPS) is 11.1. The van der Waals surface area contributed by atoms with Crippen LogP contribution < -0.4 is 14.2 Å². The van der Waals surface area contributed by atoms with Gasteiger partial charge in [-0.25, -0.2) is 9.59 Å². The van der Waals surface area contributed by atoms with Gasteiger partial charge < -0.3 is 19.3 Å². The lowest BCUT2D eigenvalue weighted by Gasteiger charge is -2.22. The van der Waals surface area contributed by atoms with Gasteiger partial charge in [0, 0.05) is 0 Å². The maximum atomic E-state index is 12.9. The fraction of sp³-hybridized carbons (Fsp3) is 0.259. The number of hydrogen-bond acceptors (Lipinski definition) is 6. The molecule has 0 aliphatic carbocycles. The van der Waals surface area contributed by atoms with Gasteiger partial charge in [0.2, 0.25) is 0 Å². The van der Waals surface area contributed by atoms with Gasteiger partial charge in [0.25, 0.3) is 0 Å². The van der Waals surface area contributed by atoms with E-state index >= 15 is 0 Å². The van der Waals surface area contributed by atoms with E-state index in [9.17, 15) is 14.7 Å². The first-order valence-electron chi connectivity index (χ1n) is 10.7. The topological polar surface area (TPSA) is 82.1 Å². The predicted octanol–water partition coefficient (Wildman–Crippen LogP) is 5.84. The Morgan fingerprint density at radius 2 is 1.39 bits per heavy atom. The number of carbonyl (C=O) groups excluding carboxylic acids is 2. The van der Waals surface area contributed by atoms with Crippen LogP contribution in [0, 0.1) is 6.92 Å². The second-order valence-corrected chi connectivity index (χ2v) is 8.65. The van der Waals surface area contributed by atoms with Crippen LogP contribution in [0.3, 0.4) is 0 Å². The van der Waals surface area contributed by atoms with Crippen molar-refractivity contribution >= 4 is 11.9 Å². The first-order chi connectivity index (χ1) is 15.6. The molecule has 0 saturated carbocycles. The van der Waals surface area contributed by atoms with Crippen molar-refractivity contribution in [3.8, 4) is 23.0 Å². The molecule has 3 rings (SSSR count). The lowest BCUT2D eigenvalue weighted by molar-refractivity contribution is 0.0681. The zero-order valence-corrected chi connectivity index (χ0v) is 19.5. The molecular formula is C27H28O6. The maximum Gasteiger partial charge on any atom is 0.343 e. The van der Waals surface area contributed by atoms with Crippen molar-refractivity contribution in [3.05, 3.63) is 82.9 Å². The van der Waals surface area contributed by atoms with Crippen LogP contribution in [0.5, 0.6) is 23.0 Å². The van der Waals surface area contributed by atoms with E-state index in [1.54, 1.807) is 37.3 Å². The molecule has 0 atom stereocenters. The minimum absolute atomic E-state index is 0.0437. The molecule has 6 nitrogen and oxygen atoms in total. The second-order valence-electron chi connectivity index (χ2n) is 8.65. The van der Waals surface area contributed by atoms with Crippen LogP contribution in [-0.2, 0) is 5.41 Å². The van der Waals surface area contributed by atoms with Crippen LogP contribution in [0.25, 0.3) is 0 Å². The molecule has 0 bridgehead atoms. The van der Waals surface area contributed by atoms with Gasteiger partial charge in [-0.2, -0.15) is 0 Å². The number of hydrogen-bond donors (Lipinski definition) is 1. The average molecular weight is 449 g/mol. The van der Waals surface area contributed by atoms with E-state index in [0.29, 0.717) is 23.5 Å². The van der Waals surface area contributed by atoms with Crippen LogP contribution >= 0.6 is 0 Å². The lowest BCUT2D eigenvalue weighted by Crippen LogP contribution is -2.16. The first-order valence-corrected chi connectivity index (χ1v) is 10.7. The highest BCUT2D eigenvalue weighted by molar-refractivity contribution is 5.93. The molecule has 3 aromatic rings. The van der Waals surface area contributed by atoms with E-state index < -0.39 is 11.9 Å². The van der Waals surface area contributed by atoms with Crippen LogP contribution in [0.2, 0.25) is 0 Å². The summed E-state index contributed by atoms with van der Waals surface area (Å²) in [4.78, 5) is 25.6. The van der Waals surface area contributed by atoms with Crippen molar-refractivity contribution in [2.75, 3.05) is 6.61 Å². The molecule has 3 aromatic carbocycles. The zero-order valence-electron chi connectivity index (χ0n) is 19.5. The molecule has 0 spiro atoms. The van der Waals surface area contributed by atoms with Gasteiger partial charge in [0.15, 0.2) is 11.5 Å². The maximum absolute atomic E-state index is 12.9. The molecule has 1 N–H and O–H groups in total. The van der Waals surface area contributed by atoms with Gasteiger partial charge in [0.1, 0.15) is 11.5 Å². The zero-order chi connectivity index (χ0) is 24.2. The first kappa shape index (κ1) is 23.9. The molecule has 0 heterocycles. The number of aromatic hydroxyl groups is 1. The molecule has 0 unspecified atom stereocenters. The summed E-state index contributed by atoms with van der Waals surface area (Å²) in [6.45, 7) is 10.3. The van der Waals surface area contributed by atoms with E-state index in [2.05, 4.69) is 0 Å². The lowest BCUT2D eigenvalue weighted by atomic mass is 9.86. The highest BCUT2D eigenvalue weighted by Gasteiger charge is 2.23. The van der Waals surface area contributed by atoms with Gasteiger partial charge >= 0.3 is 11.9 Å². The molecule has 0 aromatic heterocycles. The van der Waals surface area contributed by atoms with Crippen LogP contribution in [0.15, 0.2) is 60.7 Å². The summed E-state index contributed by atoms with van der Waals surface area (Å²) in [5.41, 5.74) is 1.97. The molecule has 0 fully saturated rings. The fourth-order valence-corrected chi connectivity index (χ4v) is 3.14. The van der Waals surface area contributed by atoms with E-state index in [4.69, 9.17) is 14.2 Å². The number of ether oxygens (including phenoxy) is 3. The second kappa shape index (κ2) is 9.77. The Balaban J connectivity index is 1.94. The summed E-state index contributed by atoms with van der Waals surface area (Å²) in [5, 5.41) is 9.46. The minimum Gasteiger partial charge on any atom is -0.508 e. The van der Waals surface area contributed by atoms with Crippen LogP contribution in [-0.4, -0.2) is 23.7 Å². The predicted molar refractivity (Wildman–Crippen MR) is 126 cm³/mol. The van der Waals surface area contributed by atoms with E-state index in [1.807, 2.05) is 33.8 Å². The molecule has 0 aliphatic heterocycles. The van der Waals surface area contributed by atoms with Crippen molar-refractivity contribution < 1.29 is 28.9 Å². The molecule has 0 amide bonds. The third kappa shape index (κ3) is 5.92. The monoisotopic (exact) mass is 448 g/mol. The van der Waals surface area contributed by atoms with Crippen molar-refractivity contribution in [1.29, 1.82) is 0 Å². The Bertz CT molecular complexity index is 1140. The third-order valence-electron chi connectivity index (χ3n) is 5.01. The van der Waals surface area contributed by atoms with Crippen molar-refractivity contribution in [3.63, 3.8) is 0 Å². The Kier molecular flexibility index (Phi) is 7.07. The number of esters is 2. The van der Waals surface area contributed by atoms with Gasteiger partial charge in [-0.15, -0.1) is 0 Å². The highest BCUT2D eigenvalue weighted by atomic mass is 16.6. The Morgan fingerprint density at radius 1 is 0.848 bits per heavy atom. The average Bonchev–Trinajstić information content (AvgIpc) is 2.76. The van der Waals surface area contributed by atoms with Crippen LogP contribution in [0.1, 0.15) is 59.5 Å². The van der Waals surface area contributed by atoms with Gasteiger partial charge in [-0.05, 0) is 85.0 Å².